The molecule has 0 atom stereocenters. The number of nitrogens with zero attached hydrogens (tertiary/aromatic N) is 2. The van der Waals surface area contributed by atoms with Crippen molar-refractivity contribution in [2.45, 2.75) is 40.2 Å². The molecular weight excluding hydrogens is 284 g/mol. The number of halogens is 1. The van der Waals surface area contributed by atoms with Crippen LogP contribution in [-0.4, -0.2) is 15.5 Å². The van der Waals surface area contributed by atoms with E-state index < -0.39 is 0 Å². The summed E-state index contributed by atoms with van der Waals surface area (Å²) in [5.74, 6) is 2.27. The predicted molar refractivity (Wildman–Crippen MR) is 89.6 cm³/mol. The van der Waals surface area contributed by atoms with E-state index >= 15 is 0 Å². The summed E-state index contributed by atoms with van der Waals surface area (Å²) in [6.07, 6.45) is 0. The highest BCUT2D eigenvalue weighted by Gasteiger charge is 2.12. The Bertz CT molecular complexity index is 647. The van der Waals surface area contributed by atoms with Gasteiger partial charge in [0, 0.05) is 22.3 Å². The van der Waals surface area contributed by atoms with Gasteiger partial charge < -0.3 is 10.6 Å². The summed E-state index contributed by atoms with van der Waals surface area (Å²) < 4.78 is 0. The molecule has 112 valence electrons. The van der Waals surface area contributed by atoms with E-state index in [1.54, 1.807) is 0 Å². The van der Waals surface area contributed by atoms with Crippen LogP contribution in [-0.2, 0) is 0 Å². The molecule has 1 aromatic heterocycles. The SMILES string of the molecule is Cc1nc(Nc2cc(Cl)ccc2C)cc(NC(C)(C)C)n1. The van der Waals surface area contributed by atoms with E-state index in [0.29, 0.717) is 10.8 Å². The molecule has 0 bridgehead atoms. The molecule has 0 aliphatic carbocycles. The summed E-state index contributed by atoms with van der Waals surface area (Å²) in [7, 11) is 0. The molecule has 0 radical (unpaired) electrons. The second-order valence-electron chi connectivity index (χ2n) is 6.14. The summed E-state index contributed by atoms with van der Waals surface area (Å²) in [5.41, 5.74) is 2.01. The average Bonchev–Trinajstić information content (AvgIpc) is 2.31. The largest absolute Gasteiger partial charge is 0.365 e. The lowest BCUT2D eigenvalue weighted by Crippen LogP contribution is -2.27. The fourth-order valence-corrected chi connectivity index (χ4v) is 2.12. The van der Waals surface area contributed by atoms with Gasteiger partial charge in [-0.15, -0.1) is 0 Å². The Morgan fingerprint density at radius 3 is 2.33 bits per heavy atom. The standard InChI is InChI=1S/C16H21ClN4/c1-10-6-7-12(17)8-13(10)20-14-9-15(19-11(2)18-14)21-16(3,4)5/h6-9H,1-5H3,(H2,18,19,20,21). The number of aryl methyl sites for hydroxylation is 2. The van der Waals surface area contributed by atoms with Crippen molar-refractivity contribution in [1.82, 2.24) is 9.97 Å². The maximum Gasteiger partial charge on any atom is 0.136 e. The van der Waals surface area contributed by atoms with Crippen molar-refractivity contribution in [3.63, 3.8) is 0 Å². The van der Waals surface area contributed by atoms with Gasteiger partial charge >= 0.3 is 0 Å². The molecule has 21 heavy (non-hydrogen) atoms. The van der Waals surface area contributed by atoms with Gasteiger partial charge in [-0.05, 0) is 52.3 Å². The van der Waals surface area contributed by atoms with Crippen molar-refractivity contribution in [3.05, 3.63) is 40.7 Å². The lowest BCUT2D eigenvalue weighted by atomic mass is 10.1. The molecule has 5 heteroatoms. The van der Waals surface area contributed by atoms with E-state index in [9.17, 15) is 0 Å². The summed E-state index contributed by atoms with van der Waals surface area (Å²) >= 11 is 6.05. The van der Waals surface area contributed by atoms with Gasteiger partial charge in [-0.3, -0.25) is 0 Å². The molecule has 0 unspecified atom stereocenters. The third-order valence-corrected chi connectivity index (χ3v) is 3.04. The molecule has 0 aliphatic rings. The van der Waals surface area contributed by atoms with Crippen molar-refractivity contribution >= 4 is 28.9 Å². The number of benzene rings is 1. The molecule has 4 nitrogen and oxygen atoms in total. The zero-order valence-electron chi connectivity index (χ0n) is 13.1. The average molecular weight is 305 g/mol. The first kappa shape index (κ1) is 15.6. The number of rotatable bonds is 3. The minimum atomic E-state index is -0.0516. The van der Waals surface area contributed by atoms with Crippen molar-refractivity contribution in [2.75, 3.05) is 10.6 Å². The molecule has 0 saturated carbocycles. The van der Waals surface area contributed by atoms with Crippen LogP contribution in [0.3, 0.4) is 0 Å². The molecular formula is C16H21ClN4. The van der Waals surface area contributed by atoms with Gasteiger partial charge in [0.25, 0.3) is 0 Å². The molecule has 0 fully saturated rings. The summed E-state index contributed by atoms with van der Waals surface area (Å²) in [6, 6.07) is 7.65. The van der Waals surface area contributed by atoms with Gasteiger partial charge in [-0.1, -0.05) is 17.7 Å². The first-order chi connectivity index (χ1) is 9.73. The Balaban J connectivity index is 2.30. The normalized spacial score (nSPS) is 11.3. The molecule has 0 aliphatic heterocycles. The molecule has 2 N–H and O–H groups in total. The fourth-order valence-electron chi connectivity index (χ4n) is 1.95. The lowest BCUT2D eigenvalue weighted by molar-refractivity contribution is 0.629. The van der Waals surface area contributed by atoms with Crippen LogP contribution in [0.5, 0.6) is 0 Å². The van der Waals surface area contributed by atoms with Crippen LogP contribution in [0, 0.1) is 13.8 Å². The van der Waals surface area contributed by atoms with E-state index in [1.165, 1.54) is 0 Å². The number of aromatic nitrogens is 2. The molecule has 0 amide bonds. The molecule has 0 saturated heterocycles. The van der Waals surface area contributed by atoms with Gasteiger partial charge in [0.05, 0.1) is 0 Å². The van der Waals surface area contributed by atoms with Crippen LogP contribution in [0.2, 0.25) is 5.02 Å². The maximum absolute atomic E-state index is 6.05. The van der Waals surface area contributed by atoms with Crippen LogP contribution in [0.25, 0.3) is 0 Å². The van der Waals surface area contributed by atoms with Crippen LogP contribution in [0.1, 0.15) is 32.2 Å². The zero-order valence-corrected chi connectivity index (χ0v) is 13.8. The van der Waals surface area contributed by atoms with E-state index in [2.05, 4.69) is 41.4 Å². The number of hydrogen-bond acceptors (Lipinski definition) is 4. The summed E-state index contributed by atoms with van der Waals surface area (Å²) in [5, 5.41) is 7.36. The van der Waals surface area contributed by atoms with Gasteiger partial charge in [-0.25, -0.2) is 9.97 Å². The van der Waals surface area contributed by atoms with E-state index in [-0.39, 0.29) is 5.54 Å². The van der Waals surface area contributed by atoms with Crippen molar-refractivity contribution in [2.24, 2.45) is 0 Å². The van der Waals surface area contributed by atoms with E-state index in [4.69, 9.17) is 11.6 Å². The first-order valence-corrected chi connectivity index (χ1v) is 7.28. The lowest BCUT2D eigenvalue weighted by Gasteiger charge is -2.22. The van der Waals surface area contributed by atoms with E-state index in [1.807, 2.05) is 38.1 Å². The Morgan fingerprint density at radius 2 is 1.67 bits per heavy atom. The number of nitrogens with one attached hydrogen (secondary N) is 2. The summed E-state index contributed by atoms with van der Waals surface area (Å²) in [4.78, 5) is 8.84. The highest BCUT2D eigenvalue weighted by molar-refractivity contribution is 6.30. The minimum Gasteiger partial charge on any atom is -0.365 e. The first-order valence-electron chi connectivity index (χ1n) is 6.90. The summed E-state index contributed by atoms with van der Waals surface area (Å²) in [6.45, 7) is 10.2. The molecule has 2 rings (SSSR count). The van der Waals surface area contributed by atoms with Gasteiger partial charge in [-0.2, -0.15) is 0 Å². The van der Waals surface area contributed by atoms with Crippen LogP contribution in [0.15, 0.2) is 24.3 Å². The Hall–Kier alpha value is -1.81. The predicted octanol–water partition coefficient (Wildman–Crippen LogP) is 4.70. The van der Waals surface area contributed by atoms with E-state index in [0.717, 1.165) is 22.9 Å². The van der Waals surface area contributed by atoms with Gasteiger partial charge in [0.1, 0.15) is 17.5 Å². The maximum atomic E-state index is 6.05. The van der Waals surface area contributed by atoms with Crippen molar-refractivity contribution in [3.8, 4) is 0 Å². The van der Waals surface area contributed by atoms with Crippen molar-refractivity contribution in [1.29, 1.82) is 0 Å². The molecule has 0 spiro atoms. The highest BCUT2D eigenvalue weighted by atomic mass is 35.5. The smallest absolute Gasteiger partial charge is 0.136 e. The second-order valence-corrected chi connectivity index (χ2v) is 6.58. The minimum absolute atomic E-state index is 0.0516. The molecule has 2 aromatic rings. The monoisotopic (exact) mass is 304 g/mol. The molecule has 1 heterocycles. The van der Waals surface area contributed by atoms with Gasteiger partial charge in [0.2, 0.25) is 0 Å². The third-order valence-electron chi connectivity index (χ3n) is 2.80. The third kappa shape index (κ3) is 4.60. The topological polar surface area (TPSA) is 49.8 Å². The van der Waals surface area contributed by atoms with Gasteiger partial charge in [0.15, 0.2) is 0 Å². The fraction of sp³-hybridized carbons (Fsp3) is 0.375. The van der Waals surface area contributed by atoms with Crippen LogP contribution < -0.4 is 10.6 Å². The quantitative estimate of drug-likeness (QED) is 0.863. The van der Waals surface area contributed by atoms with Crippen molar-refractivity contribution < 1.29 is 0 Å². The Kier molecular flexibility index (Phi) is 4.37. The number of anilines is 3. The van der Waals surface area contributed by atoms with Crippen LogP contribution >= 0.6 is 11.6 Å². The Morgan fingerprint density at radius 1 is 1.00 bits per heavy atom. The van der Waals surface area contributed by atoms with Crippen LogP contribution in [0.4, 0.5) is 17.3 Å². The highest BCUT2D eigenvalue weighted by Crippen LogP contribution is 2.24. The Labute approximate surface area is 131 Å². The number of hydrogen-bond donors (Lipinski definition) is 2. The zero-order chi connectivity index (χ0) is 15.6. The molecule has 1 aromatic carbocycles. The second kappa shape index (κ2) is 5.90.